The Labute approximate surface area is 155 Å². The minimum Gasteiger partial charge on any atom is -0.299 e. The molecule has 1 fully saturated rings. The fraction of sp³-hybridized carbons (Fsp3) is 0.250. The van der Waals surface area contributed by atoms with E-state index in [1.165, 1.54) is 0 Å². The quantitative estimate of drug-likeness (QED) is 0.627. The molecule has 0 spiro atoms. The Bertz CT molecular complexity index is 941. The summed E-state index contributed by atoms with van der Waals surface area (Å²) in [6.45, 7) is 0. The summed E-state index contributed by atoms with van der Waals surface area (Å²) in [6.07, 6.45) is 1.62. The maximum atomic E-state index is 12.8. The van der Waals surface area contributed by atoms with Crippen molar-refractivity contribution in [2.24, 2.45) is 0 Å². The maximum absolute atomic E-state index is 12.8. The predicted octanol–water partition coefficient (Wildman–Crippen LogP) is 4.89. The predicted molar refractivity (Wildman–Crippen MR) is 89.9 cm³/mol. The van der Waals surface area contributed by atoms with E-state index in [2.05, 4.69) is 20.2 Å². The standard InChI is InChI=1S/C16H11ClF3N5S/c17-12-7-10(16(18,19)20)8-22-14(12)26-15-24-23-13(25(15)11-1-2-11)9-3-5-21-6-4-9/h3-8,11H,1-2H2. The lowest BCUT2D eigenvalue weighted by atomic mass is 10.2. The Balaban J connectivity index is 1.68. The molecule has 0 aliphatic heterocycles. The SMILES string of the molecule is FC(F)(F)c1cnc(Sc2nnc(-c3ccncc3)n2C2CC2)c(Cl)c1. The second kappa shape index (κ2) is 6.55. The third-order valence-corrected chi connectivity index (χ3v) is 5.22. The van der Waals surface area contributed by atoms with Crippen molar-refractivity contribution in [1.82, 2.24) is 24.7 Å². The second-order valence-electron chi connectivity index (χ2n) is 5.75. The van der Waals surface area contributed by atoms with Crippen molar-refractivity contribution in [2.75, 3.05) is 0 Å². The molecule has 1 saturated carbocycles. The number of halogens is 4. The van der Waals surface area contributed by atoms with Gasteiger partial charge >= 0.3 is 6.18 Å². The molecule has 0 aromatic carbocycles. The van der Waals surface area contributed by atoms with Crippen LogP contribution < -0.4 is 0 Å². The van der Waals surface area contributed by atoms with Crippen LogP contribution >= 0.6 is 23.4 Å². The molecule has 1 aliphatic carbocycles. The summed E-state index contributed by atoms with van der Waals surface area (Å²) >= 11 is 7.11. The van der Waals surface area contributed by atoms with Crippen LogP contribution in [-0.4, -0.2) is 24.7 Å². The van der Waals surface area contributed by atoms with E-state index in [1.807, 2.05) is 16.7 Å². The van der Waals surface area contributed by atoms with Crippen molar-refractivity contribution < 1.29 is 13.2 Å². The van der Waals surface area contributed by atoms with Gasteiger partial charge in [-0.05, 0) is 42.8 Å². The fourth-order valence-corrected chi connectivity index (χ4v) is 3.58. The molecule has 0 bridgehead atoms. The van der Waals surface area contributed by atoms with Crippen molar-refractivity contribution in [1.29, 1.82) is 0 Å². The molecule has 0 N–H and O–H groups in total. The van der Waals surface area contributed by atoms with E-state index in [0.717, 1.165) is 42.4 Å². The highest BCUT2D eigenvalue weighted by Crippen LogP contribution is 2.43. The minimum atomic E-state index is -4.48. The summed E-state index contributed by atoms with van der Waals surface area (Å²) in [5.41, 5.74) is -0.00860. The number of alkyl halides is 3. The first-order valence-corrected chi connectivity index (χ1v) is 8.89. The van der Waals surface area contributed by atoms with Crippen LogP contribution in [0.25, 0.3) is 11.4 Å². The number of nitrogens with zero attached hydrogens (tertiary/aromatic N) is 5. The van der Waals surface area contributed by atoms with Crippen molar-refractivity contribution in [3.05, 3.63) is 47.4 Å². The zero-order chi connectivity index (χ0) is 18.3. The molecular formula is C16H11ClF3N5S. The van der Waals surface area contributed by atoms with E-state index >= 15 is 0 Å². The molecular weight excluding hydrogens is 387 g/mol. The molecule has 0 atom stereocenters. The molecule has 134 valence electrons. The van der Waals surface area contributed by atoms with Crippen molar-refractivity contribution >= 4 is 23.4 Å². The van der Waals surface area contributed by atoms with Gasteiger partial charge < -0.3 is 0 Å². The van der Waals surface area contributed by atoms with Gasteiger partial charge in [0, 0.05) is 30.2 Å². The number of pyridine rings is 2. The van der Waals surface area contributed by atoms with Gasteiger partial charge in [0.1, 0.15) is 5.03 Å². The van der Waals surface area contributed by atoms with Gasteiger partial charge in [0.05, 0.1) is 10.6 Å². The zero-order valence-electron chi connectivity index (χ0n) is 13.1. The highest BCUT2D eigenvalue weighted by Gasteiger charge is 2.33. The van der Waals surface area contributed by atoms with E-state index in [-0.39, 0.29) is 16.1 Å². The largest absolute Gasteiger partial charge is 0.417 e. The topological polar surface area (TPSA) is 56.5 Å². The van der Waals surface area contributed by atoms with Crippen LogP contribution in [0.4, 0.5) is 13.2 Å². The highest BCUT2D eigenvalue weighted by atomic mass is 35.5. The average molecular weight is 398 g/mol. The van der Waals surface area contributed by atoms with Crippen LogP contribution in [0.5, 0.6) is 0 Å². The van der Waals surface area contributed by atoms with Crippen molar-refractivity contribution in [2.45, 2.75) is 35.2 Å². The van der Waals surface area contributed by atoms with Gasteiger partial charge in [-0.3, -0.25) is 9.55 Å². The lowest BCUT2D eigenvalue weighted by Crippen LogP contribution is -2.06. The first-order chi connectivity index (χ1) is 12.4. The molecule has 0 unspecified atom stereocenters. The summed E-state index contributed by atoms with van der Waals surface area (Å²) in [5.74, 6) is 0.695. The molecule has 1 aliphatic rings. The Kier molecular flexibility index (Phi) is 4.36. The fourth-order valence-electron chi connectivity index (χ4n) is 2.45. The highest BCUT2D eigenvalue weighted by molar-refractivity contribution is 7.99. The Morgan fingerprint density at radius 3 is 2.50 bits per heavy atom. The molecule has 0 amide bonds. The van der Waals surface area contributed by atoms with Gasteiger partial charge in [0.2, 0.25) is 0 Å². The minimum absolute atomic E-state index is 0.0689. The van der Waals surface area contributed by atoms with Crippen LogP contribution in [0.2, 0.25) is 5.02 Å². The van der Waals surface area contributed by atoms with E-state index in [9.17, 15) is 13.2 Å². The zero-order valence-corrected chi connectivity index (χ0v) is 14.7. The van der Waals surface area contributed by atoms with Gasteiger partial charge in [0.15, 0.2) is 11.0 Å². The van der Waals surface area contributed by atoms with Crippen LogP contribution in [-0.2, 0) is 6.18 Å². The molecule has 4 rings (SSSR count). The summed E-state index contributed by atoms with van der Waals surface area (Å²) in [6, 6.07) is 4.81. The van der Waals surface area contributed by atoms with Crippen molar-refractivity contribution in [3.63, 3.8) is 0 Å². The van der Waals surface area contributed by atoms with E-state index < -0.39 is 11.7 Å². The normalized spacial score (nSPS) is 14.6. The van der Waals surface area contributed by atoms with Crippen LogP contribution in [0.3, 0.4) is 0 Å². The van der Waals surface area contributed by atoms with Gasteiger partial charge in [-0.15, -0.1) is 10.2 Å². The molecule has 0 saturated heterocycles. The average Bonchev–Trinajstić information content (AvgIpc) is 3.37. The van der Waals surface area contributed by atoms with Crippen LogP contribution in [0.15, 0.2) is 47.0 Å². The van der Waals surface area contributed by atoms with Gasteiger partial charge in [0.25, 0.3) is 0 Å². The molecule has 3 heterocycles. The first-order valence-electron chi connectivity index (χ1n) is 7.69. The molecule has 3 aromatic heterocycles. The molecule has 10 heteroatoms. The van der Waals surface area contributed by atoms with Crippen molar-refractivity contribution in [3.8, 4) is 11.4 Å². The molecule has 26 heavy (non-hydrogen) atoms. The van der Waals surface area contributed by atoms with Crippen LogP contribution in [0, 0.1) is 0 Å². The summed E-state index contributed by atoms with van der Waals surface area (Å²) in [4.78, 5) is 7.86. The second-order valence-corrected chi connectivity index (χ2v) is 7.12. The lowest BCUT2D eigenvalue weighted by molar-refractivity contribution is -0.137. The number of rotatable bonds is 4. The summed E-state index contributed by atoms with van der Waals surface area (Å²) in [5, 5.41) is 9.18. The van der Waals surface area contributed by atoms with E-state index in [4.69, 9.17) is 11.6 Å². The molecule has 3 aromatic rings. The Morgan fingerprint density at radius 1 is 1.15 bits per heavy atom. The third kappa shape index (κ3) is 3.41. The lowest BCUT2D eigenvalue weighted by Gasteiger charge is -2.10. The summed E-state index contributed by atoms with van der Waals surface area (Å²) in [7, 11) is 0. The Morgan fingerprint density at radius 2 is 1.88 bits per heavy atom. The first kappa shape index (κ1) is 17.3. The molecule has 0 radical (unpaired) electrons. The number of aromatic nitrogens is 5. The Hall–Kier alpha value is -2.13. The monoisotopic (exact) mass is 397 g/mol. The van der Waals surface area contributed by atoms with Gasteiger partial charge in [-0.1, -0.05) is 11.6 Å². The maximum Gasteiger partial charge on any atom is 0.417 e. The third-order valence-electron chi connectivity index (χ3n) is 3.84. The number of hydrogen-bond donors (Lipinski definition) is 0. The van der Waals surface area contributed by atoms with Crippen LogP contribution in [0.1, 0.15) is 24.4 Å². The van der Waals surface area contributed by atoms with Gasteiger partial charge in [-0.2, -0.15) is 13.2 Å². The summed E-state index contributed by atoms with van der Waals surface area (Å²) < 4.78 is 40.3. The van der Waals surface area contributed by atoms with Gasteiger partial charge in [-0.25, -0.2) is 4.98 Å². The number of hydrogen-bond acceptors (Lipinski definition) is 5. The van der Waals surface area contributed by atoms with E-state index in [0.29, 0.717) is 11.0 Å². The van der Waals surface area contributed by atoms with E-state index in [1.54, 1.807) is 12.4 Å². The molecule has 5 nitrogen and oxygen atoms in total. The smallest absolute Gasteiger partial charge is 0.299 e.